The van der Waals surface area contributed by atoms with Crippen molar-refractivity contribution in [2.24, 2.45) is 7.05 Å². The zero-order chi connectivity index (χ0) is 54.3. The quantitative estimate of drug-likeness (QED) is 0.0342. The lowest BCUT2D eigenvalue weighted by molar-refractivity contribution is -0.745. The number of amides is 3. The highest BCUT2D eigenvalue weighted by Gasteiger charge is 2.51. The Morgan fingerprint density at radius 1 is 1.03 bits per heavy atom. The summed E-state index contributed by atoms with van der Waals surface area (Å²) in [7, 11) is -3.60. The molecule has 26 heteroatoms. The number of ether oxygens (including phenoxy) is 2. The highest BCUT2D eigenvalue weighted by atomic mass is 31.3. The van der Waals surface area contributed by atoms with Crippen LogP contribution in [0.3, 0.4) is 0 Å². The molecule has 1 unspecified atom stereocenters. The van der Waals surface area contributed by atoms with Crippen LogP contribution in [0.5, 0.6) is 0 Å². The number of phosphoric ester groups is 1. The van der Waals surface area contributed by atoms with Gasteiger partial charge in [0.05, 0.1) is 13.7 Å². The summed E-state index contributed by atoms with van der Waals surface area (Å²) in [6.45, 7) is 7.77. The van der Waals surface area contributed by atoms with Gasteiger partial charge in [0.15, 0.2) is 12.4 Å². The van der Waals surface area contributed by atoms with Crippen LogP contribution >= 0.6 is 15.6 Å². The number of aryl methyl sites for hydroxylation is 2. The fourth-order valence-corrected chi connectivity index (χ4v) is 11.8. The number of nitrogens with one attached hydrogen (secondary N) is 3. The second-order valence-electron chi connectivity index (χ2n) is 19.5. The number of nitrogen functional groups attached to an aromatic ring is 1. The number of anilines is 2. The maximum Gasteiger partial charge on any atom is 0.481 e. The molecule has 2 aromatic heterocycles. The van der Waals surface area contributed by atoms with E-state index in [-0.39, 0.29) is 60.4 Å². The number of aromatic amines is 1. The van der Waals surface area contributed by atoms with Crippen molar-refractivity contribution in [2.75, 3.05) is 71.1 Å². The van der Waals surface area contributed by atoms with E-state index < -0.39 is 58.4 Å². The molecule has 3 aromatic carbocycles. The van der Waals surface area contributed by atoms with Crippen molar-refractivity contribution in [3.8, 4) is 0 Å². The Kier molecular flexibility index (Phi) is 15.9. The molecule has 8 rings (SSSR count). The Morgan fingerprint density at radius 3 is 2.48 bits per heavy atom. The van der Waals surface area contributed by atoms with Crippen LogP contribution in [0, 0.1) is 0 Å². The fraction of sp³-hybridized carbons (Fsp3) is 0.449. The molecule has 5 atom stereocenters. The van der Waals surface area contributed by atoms with Gasteiger partial charge in [-0.1, -0.05) is 43.1 Å². The van der Waals surface area contributed by atoms with Crippen molar-refractivity contribution in [3.05, 3.63) is 115 Å². The Morgan fingerprint density at radius 2 is 1.76 bits per heavy atom. The minimum absolute atomic E-state index is 0.00997. The molecule has 2 aliphatic heterocycles. The lowest BCUT2D eigenvalue weighted by Crippen LogP contribution is -2.49. The predicted octanol–water partition coefficient (Wildman–Crippen LogP) is 0.789. The van der Waals surface area contributed by atoms with Crippen molar-refractivity contribution in [1.29, 1.82) is 0 Å². The molecule has 0 radical (unpaired) electrons. The Hall–Kier alpha value is -6.33. The zero-order valence-electron chi connectivity index (χ0n) is 42.7. The number of carbonyl (C=O) groups is 3. The van der Waals surface area contributed by atoms with E-state index in [0.29, 0.717) is 12.0 Å². The molecule has 9 N–H and O–H groups in total. The zero-order valence-corrected chi connectivity index (χ0v) is 44.5. The minimum atomic E-state index is -5.49. The van der Waals surface area contributed by atoms with Crippen LogP contribution < -0.4 is 46.5 Å². The number of fused-ring (bicyclic) bond motifs is 4. The first kappa shape index (κ1) is 54.9. The second kappa shape index (κ2) is 21.7. The molecule has 3 amide bonds. The van der Waals surface area contributed by atoms with Crippen molar-refractivity contribution < 1.29 is 66.2 Å². The van der Waals surface area contributed by atoms with Crippen molar-refractivity contribution in [3.63, 3.8) is 0 Å². The van der Waals surface area contributed by atoms with Gasteiger partial charge in [0.25, 0.3) is 17.4 Å². The number of aliphatic hydroxyl groups excluding tert-OH is 1. The number of nitrogens with two attached hydrogens (primary N) is 1. The normalized spacial score (nSPS) is 19.7. The lowest BCUT2D eigenvalue weighted by Gasteiger charge is -2.36. The highest BCUT2D eigenvalue weighted by molar-refractivity contribution is 7.60. The van der Waals surface area contributed by atoms with Crippen LogP contribution in [0.4, 0.5) is 16.4 Å². The topological polar surface area (TPSA) is 317 Å². The van der Waals surface area contributed by atoms with Gasteiger partial charge in [-0.05, 0) is 77.1 Å². The van der Waals surface area contributed by atoms with Crippen molar-refractivity contribution in [1.82, 2.24) is 34.6 Å². The molecule has 402 valence electrons. The Balaban J connectivity index is 0.909. The van der Waals surface area contributed by atoms with Crippen LogP contribution in [0.15, 0.2) is 65.7 Å². The van der Waals surface area contributed by atoms with Gasteiger partial charge in [-0.15, -0.1) is 0 Å². The van der Waals surface area contributed by atoms with Gasteiger partial charge < -0.3 is 55.4 Å². The van der Waals surface area contributed by atoms with Crippen LogP contribution in [0.2, 0.25) is 0 Å². The number of aliphatic hydroxyl groups is 1. The average Bonchev–Trinajstić information content (AvgIpc) is 3.84. The molecule has 3 aliphatic rings. The number of alkyl carbamates (subject to hydrolysis) is 1. The summed E-state index contributed by atoms with van der Waals surface area (Å²) >= 11 is 0. The third-order valence-electron chi connectivity index (χ3n) is 13.8. The Bertz CT molecular complexity index is 3360. The maximum atomic E-state index is 14.5. The molecule has 5 aromatic rings. The SMILES string of the molecule is CC[N+]1=c2cc3c(cc2CCC1)=C(c1ccccc1C(=O)N(C)CCCC(=O)NCCNC(=O)O[C@@H]1[C@H](O)[C@@H](COP(=O)(O)OP(=O)(O)O)O[C@H]1[n+]1cn(C)c2c(=O)[nH]c(N)nc21)c1ccc(N(C)C)cc1C3(C)C. The molecule has 0 saturated carbocycles. The van der Waals surface area contributed by atoms with Crippen molar-refractivity contribution in [2.45, 2.75) is 76.4 Å². The number of hydrogen-bond acceptors (Lipinski definition) is 14. The fourth-order valence-electron chi connectivity index (χ4n) is 10.2. The summed E-state index contributed by atoms with van der Waals surface area (Å²) in [5, 5.41) is 18.8. The van der Waals surface area contributed by atoms with E-state index in [1.54, 1.807) is 11.9 Å². The number of benzene rings is 3. The number of rotatable bonds is 18. The van der Waals surface area contributed by atoms with Crippen LogP contribution in [-0.2, 0) is 51.1 Å². The van der Waals surface area contributed by atoms with Gasteiger partial charge in [0.2, 0.25) is 23.0 Å². The van der Waals surface area contributed by atoms with Crippen LogP contribution in [-0.4, -0.2) is 136 Å². The van der Waals surface area contributed by atoms with E-state index in [1.807, 2.05) is 38.4 Å². The highest BCUT2D eigenvalue weighted by Crippen LogP contribution is 2.57. The molecular formula is C49H64N10O14P2+2. The first-order valence-electron chi connectivity index (χ1n) is 24.4. The van der Waals surface area contributed by atoms with Gasteiger partial charge in [0, 0.05) is 81.9 Å². The molecule has 1 saturated heterocycles. The summed E-state index contributed by atoms with van der Waals surface area (Å²) in [6.07, 6.45) is -3.81. The predicted molar refractivity (Wildman–Crippen MR) is 274 cm³/mol. The number of H-pyrrole nitrogens is 1. The maximum absolute atomic E-state index is 14.5. The summed E-state index contributed by atoms with van der Waals surface area (Å²) in [6, 6.07) is 19.0. The molecule has 1 fully saturated rings. The summed E-state index contributed by atoms with van der Waals surface area (Å²) in [5.74, 6) is -0.816. The molecule has 24 nitrogen and oxygen atoms in total. The van der Waals surface area contributed by atoms with Crippen LogP contribution in [0.25, 0.3) is 16.7 Å². The summed E-state index contributed by atoms with van der Waals surface area (Å²) in [4.78, 5) is 91.4. The van der Waals surface area contributed by atoms with E-state index in [4.69, 9.17) is 25.0 Å². The molecular weight excluding hydrogens is 1010 g/mol. The van der Waals surface area contributed by atoms with E-state index in [2.05, 4.69) is 90.0 Å². The van der Waals surface area contributed by atoms with Gasteiger partial charge in [-0.3, -0.25) is 28.5 Å². The largest absolute Gasteiger partial charge is 0.481 e. The average molecular weight is 1080 g/mol. The van der Waals surface area contributed by atoms with E-state index in [9.17, 15) is 38.3 Å². The summed E-state index contributed by atoms with van der Waals surface area (Å²) < 4.78 is 48.3. The number of aromatic nitrogens is 4. The third-order valence-corrected chi connectivity index (χ3v) is 16.0. The van der Waals surface area contributed by atoms with Gasteiger partial charge in [-0.25, -0.2) is 23.1 Å². The number of hydrogen-bond donors (Lipinski definition) is 8. The number of phosphoric acid groups is 2. The van der Waals surface area contributed by atoms with E-state index in [1.165, 1.54) is 44.6 Å². The monoisotopic (exact) mass is 1080 g/mol. The number of carbonyl (C=O) groups excluding carboxylic acids is 3. The first-order chi connectivity index (χ1) is 35.4. The second-order valence-corrected chi connectivity index (χ2v) is 22.3. The van der Waals surface area contributed by atoms with Gasteiger partial charge >= 0.3 is 27.4 Å². The van der Waals surface area contributed by atoms with Crippen LogP contribution in [0.1, 0.15) is 84.4 Å². The van der Waals surface area contributed by atoms with E-state index in [0.717, 1.165) is 53.5 Å². The standard InChI is InChI=1S/C49H62N10O14P2/c1-8-58-22-11-13-28-23-33-35(25-36(28)58)49(2,3)34-24-29(55(4)5)17-18-32(34)39(33)30-14-9-10-15-31(30)45(63)56(6)21-12-16-38(60)51-19-20-52-48(64)72-42-41(61)37(26-70-75(68,69)73-74(65,66)67)71-46(42)59-27-57(7)40-43(59)53-47(50)54-44(40)62/h9-10,14-15,17-18,23-25,27,37,41-42,46,61H,8,11-13,16,19-22,26H2,1-7H3,(H6-2,50,51,52,53,54,60,62,64,65,66,67,68,69)/p+2/t37-,41-,42-,46-/m1/s1. The summed E-state index contributed by atoms with van der Waals surface area (Å²) in [5.41, 5.74) is 13.0. The Labute approximate surface area is 431 Å². The number of imidazole rings is 1. The van der Waals surface area contributed by atoms with E-state index >= 15 is 0 Å². The van der Waals surface area contributed by atoms with Crippen molar-refractivity contribution >= 4 is 61.9 Å². The number of nitrogens with zero attached hydrogens (tertiary/aromatic N) is 6. The van der Waals surface area contributed by atoms with Gasteiger partial charge in [0.1, 0.15) is 25.3 Å². The molecule has 0 spiro atoms. The smallest absolute Gasteiger partial charge is 0.437 e. The third kappa shape index (κ3) is 11.6. The molecule has 0 bridgehead atoms. The van der Waals surface area contributed by atoms with Gasteiger partial charge in [-0.2, -0.15) is 4.31 Å². The molecule has 1 aliphatic carbocycles. The molecule has 4 heterocycles. The minimum Gasteiger partial charge on any atom is -0.437 e. The molecule has 75 heavy (non-hydrogen) atoms. The lowest BCUT2D eigenvalue weighted by atomic mass is 9.68. The first-order valence-corrected chi connectivity index (χ1v) is 27.4.